The van der Waals surface area contributed by atoms with Gasteiger partial charge in [-0.2, -0.15) is 5.10 Å². The average molecular weight is 345 g/mol. The highest BCUT2D eigenvalue weighted by atomic mass is 35.5. The Morgan fingerprint density at radius 2 is 2.14 bits per heavy atom. The molecule has 0 bridgehead atoms. The van der Waals surface area contributed by atoms with Crippen molar-refractivity contribution in [1.29, 1.82) is 0 Å². The number of aromatic amines is 1. The third-order valence-corrected chi connectivity index (χ3v) is 5.07. The Bertz CT molecular complexity index is 805. The van der Waals surface area contributed by atoms with E-state index in [0.29, 0.717) is 5.82 Å². The largest absolute Gasteiger partial charge is 0.478 e. The lowest BCUT2D eigenvalue weighted by Gasteiger charge is -2.14. The summed E-state index contributed by atoms with van der Waals surface area (Å²) in [4.78, 5) is 14.7. The molecule has 0 amide bonds. The first-order valence-corrected chi connectivity index (χ1v) is 7.99. The molecule has 22 heavy (non-hydrogen) atoms. The minimum Gasteiger partial charge on any atom is -0.478 e. The van der Waals surface area contributed by atoms with Gasteiger partial charge < -0.3 is 5.11 Å². The number of aromatic nitrogens is 3. The molecule has 8 nitrogen and oxygen atoms in total. The highest BCUT2D eigenvalue weighted by Crippen LogP contribution is 2.26. The average Bonchev–Trinajstić information content (AvgIpc) is 2.94. The fourth-order valence-corrected chi connectivity index (χ4v) is 3.61. The Morgan fingerprint density at radius 3 is 2.68 bits per heavy atom. The summed E-state index contributed by atoms with van der Waals surface area (Å²) in [5.41, 5.74) is 0.0622. The fourth-order valence-electron chi connectivity index (χ4n) is 1.83. The predicted octanol–water partition coefficient (Wildman–Crippen LogP) is 1.50. The number of carbonyl (C=O) groups is 1. The molecule has 0 fully saturated rings. The zero-order chi connectivity index (χ0) is 16.5. The van der Waals surface area contributed by atoms with E-state index in [4.69, 9.17) is 16.7 Å². The number of carboxylic acids is 1. The van der Waals surface area contributed by atoms with Gasteiger partial charge in [0.1, 0.15) is 12.2 Å². The number of nitrogens with one attached hydrogen (secondary N) is 2. The number of rotatable bonds is 5. The summed E-state index contributed by atoms with van der Waals surface area (Å²) in [5, 5.41) is 15.3. The van der Waals surface area contributed by atoms with E-state index in [1.165, 1.54) is 19.3 Å². The predicted molar refractivity (Wildman–Crippen MR) is 78.3 cm³/mol. The summed E-state index contributed by atoms with van der Waals surface area (Å²) < 4.78 is 27.3. The number of hydrogen-bond donors (Lipinski definition) is 3. The van der Waals surface area contributed by atoms with Crippen LogP contribution >= 0.6 is 11.6 Å². The molecule has 0 unspecified atom stereocenters. The summed E-state index contributed by atoms with van der Waals surface area (Å²) in [5.74, 6) is -0.927. The van der Waals surface area contributed by atoms with Crippen LogP contribution in [0.5, 0.6) is 0 Å². The van der Waals surface area contributed by atoms with Gasteiger partial charge in [-0.1, -0.05) is 11.6 Å². The van der Waals surface area contributed by atoms with Gasteiger partial charge in [-0.15, -0.1) is 0 Å². The van der Waals surface area contributed by atoms with Crippen molar-refractivity contribution >= 4 is 27.6 Å². The molecular formula is C12H13ClN4O4S. The van der Waals surface area contributed by atoms with E-state index in [0.717, 1.165) is 6.07 Å². The molecule has 0 spiro atoms. The van der Waals surface area contributed by atoms with Gasteiger partial charge >= 0.3 is 5.97 Å². The number of nitrogens with zero attached hydrogens (tertiary/aromatic N) is 2. The number of H-pyrrole nitrogens is 1. The first-order valence-electron chi connectivity index (χ1n) is 6.13. The molecule has 3 N–H and O–H groups in total. The van der Waals surface area contributed by atoms with E-state index < -0.39 is 22.0 Å². The molecule has 10 heteroatoms. The molecule has 1 atom stereocenters. The van der Waals surface area contributed by atoms with Gasteiger partial charge in [0, 0.05) is 5.02 Å². The van der Waals surface area contributed by atoms with Crippen LogP contribution in [-0.4, -0.2) is 34.7 Å². The Labute approximate surface area is 131 Å². The van der Waals surface area contributed by atoms with Crippen LogP contribution in [0.4, 0.5) is 0 Å². The monoisotopic (exact) mass is 344 g/mol. The molecule has 0 saturated heterocycles. The van der Waals surface area contributed by atoms with Gasteiger partial charge in [0.15, 0.2) is 0 Å². The van der Waals surface area contributed by atoms with E-state index in [2.05, 4.69) is 19.9 Å². The minimum atomic E-state index is -3.98. The third-order valence-electron chi connectivity index (χ3n) is 3.01. The SMILES string of the molecule is Cc1c(Cl)cc(C(=O)O)cc1S(=O)(=O)N[C@H](C)c1ncn[nH]1. The van der Waals surface area contributed by atoms with Crippen LogP contribution < -0.4 is 4.72 Å². The quantitative estimate of drug-likeness (QED) is 0.754. The van der Waals surface area contributed by atoms with Crippen LogP contribution in [0.3, 0.4) is 0 Å². The zero-order valence-electron chi connectivity index (χ0n) is 11.7. The van der Waals surface area contributed by atoms with Gasteiger partial charge in [0.25, 0.3) is 0 Å². The van der Waals surface area contributed by atoms with Crippen LogP contribution in [-0.2, 0) is 10.0 Å². The molecule has 0 aliphatic heterocycles. The summed E-state index contributed by atoms with van der Waals surface area (Å²) in [6, 6.07) is 1.61. The lowest BCUT2D eigenvalue weighted by Crippen LogP contribution is -2.28. The Balaban J connectivity index is 2.43. The Morgan fingerprint density at radius 1 is 1.45 bits per heavy atom. The van der Waals surface area contributed by atoms with Crippen molar-refractivity contribution in [3.63, 3.8) is 0 Å². The first kappa shape index (κ1) is 16.4. The molecule has 1 heterocycles. The molecule has 0 aliphatic carbocycles. The fraction of sp³-hybridized carbons (Fsp3) is 0.250. The minimum absolute atomic E-state index is 0.0626. The Kier molecular flexibility index (Phi) is 4.50. The standard InChI is InChI=1S/C12H13ClN4O4S/c1-6-9(13)3-8(12(18)19)4-10(6)22(20,21)17-7(2)11-14-5-15-16-11/h3-5,7,17H,1-2H3,(H,18,19)(H,14,15,16)/t7-/m1/s1. The van der Waals surface area contributed by atoms with Gasteiger partial charge in [-0.3, -0.25) is 5.10 Å². The van der Waals surface area contributed by atoms with Crippen molar-refractivity contribution in [3.8, 4) is 0 Å². The van der Waals surface area contributed by atoms with E-state index in [1.54, 1.807) is 6.92 Å². The second kappa shape index (κ2) is 6.03. The van der Waals surface area contributed by atoms with Gasteiger partial charge in [-0.05, 0) is 31.5 Å². The molecule has 0 aliphatic rings. The summed E-state index contributed by atoms with van der Waals surface area (Å²) in [6.45, 7) is 3.08. The maximum Gasteiger partial charge on any atom is 0.335 e. The lowest BCUT2D eigenvalue weighted by atomic mass is 10.1. The molecule has 0 saturated carbocycles. The van der Waals surface area contributed by atoms with Gasteiger partial charge in [-0.25, -0.2) is 22.9 Å². The molecule has 1 aromatic heterocycles. The zero-order valence-corrected chi connectivity index (χ0v) is 13.2. The number of carboxylic acid groups (broad SMARTS) is 1. The number of hydrogen-bond acceptors (Lipinski definition) is 5. The van der Waals surface area contributed by atoms with Crippen LogP contribution in [0.1, 0.15) is 34.7 Å². The van der Waals surface area contributed by atoms with E-state index in [1.807, 2.05) is 0 Å². The van der Waals surface area contributed by atoms with Crippen molar-refractivity contribution in [2.75, 3.05) is 0 Å². The van der Waals surface area contributed by atoms with Crippen LogP contribution in [0, 0.1) is 6.92 Å². The van der Waals surface area contributed by atoms with Crippen LogP contribution in [0.2, 0.25) is 5.02 Å². The van der Waals surface area contributed by atoms with Crippen molar-refractivity contribution in [2.45, 2.75) is 24.8 Å². The van der Waals surface area contributed by atoms with E-state index in [9.17, 15) is 13.2 Å². The molecule has 2 rings (SSSR count). The maximum atomic E-state index is 12.5. The number of sulfonamides is 1. The summed E-state index contributed by atoms with van der Waals surface area (Å²) in [6.07, 6.45) is 1.26. The van der Waals surface area contributed by atoms with Gasteiger partial charge in [0.2, 0.25) is 10.0 Å². The lowest BCUT2D eigenvalue weighted by molar-refractivity contribution is 0.0696. The number of benzene rings is 1. The topological polar surface area (TPSA) is 125 Å². The second-order valence-electron chi connectivity index (χ2n) is 4.60. The second-order valence-corrected chi connectivity index (χ2v) is 6.69. The van der Waals surface area contributed by atoms with Crippen molar-refractivity contribution in [1.82, 2.24) is 19.9 Å². The molecular weight excluding hydrogens is 332 g/mol. The van der Waals surface area contributed by atoms with E-state index in [-0.39, 0.29) is 21.0 Å². The maximum absolute atomic E-state index is 12.5. The molecule has 2 aromatic rings. The highest BCUT2D eigenvalue weighted by Gasteiger charge is 2.24. The van der Waals surface area contributed by atoms with Crippen LogP contribution in [0.25, 0.3) is 0 Å². The normalized spacial score (nSPS) is 13.0. The number of halogens is 1. The molecule has 118 valence electrons. The summed E-state index contributed by atoms with van der Waals surface area (Å²) in [7, 11) is -3.98. The van der Waals surface area contributed by atoms with Crippen LogP contribution in [0.15, 0.2) is 23.4 Å². The smallest absolute Gasteiger partial charge is 0.335 e. The number of aromatic carboxylic acids is 1. The molecule has 1 aromatic carbocycles. The van der Waals surface area contributed by atoms with Crippen molar-refractivity contribution < 1.29 is 18.3 Å². The highest BCUT2D eigenvalue weighted by molar-refractivity contribution is 7.89. The third kappa shape index (κ3) is 3.26. The van der Waals surface area contributed by atoms with Crippen molar-refractivity contribution in [2.24, 2.45) is 0 Å². The summed E-state index contributed by atoms with van der Waals surface area (Å²) >= 11 is 5.92. The first-order chi connectivity index (χ1) is 10.2. The Hall–Kier alpha value is -1.97. The van der Waals surface area contributed by atoms with E-state index >= 15 is 0 Å². The van der Waals surface area contributed by atoms with Gasteiger partial charge in [0.05, 0.1) is 16.5 Å². The van der Waals surface area contributed by atoms with Crippen molar-refractivity contribution in [3.05, 3.63) is 40.4 Å². The molecule has 0 radical (unpaired) electrons.